The van der Waals surface area contributed by atoms with Crippen LogP contribution < -0.4 is 5.73 Å². The molecule has 2 atom stereocenters. The zero-order chi connectivity index (χ0) is 10.8. The number of thiophene rings is 1. The highest BCUT2D eigenvalue weighted by Gasteiger charge is 2.19. The number of nitrogens with two attached hydrogens (primary N) is 1. The van der Waals surface area contributed by atoms with Gasteiger partial charge in [-0.3, -0.25) is 4.90 Å². The molecular weight excluding hydrogens is 204 g/mol. The van der Waals surface area contributed by atoms with E-state index in [2.05, 4.69) is 30.2 Å². The average Bonchev–Trinajstić information content (AvgIpc) is 2.64. The van der Waals surface area contributed by atoms with Crippen LogP contribution in [0.15, 0.2) is 11.4 Å². The number of nitrogens with zero attached hydrogens (tertiary/aromatic N) is 1. The van der Waals surface area contributed by atoms with Gasteiger partial charge in [-0.25, -0.2) is 0 Å². The summed E-state index contributed by atoms with van der Waals surface area (Å²) in [6.07, 6.45) is 1.22. The maximum Gasteiger partial charge on any atom is 0.0245 e. The van der Waals surface area contributed by atoms with E-state index in [9.17, 15) is 0 Å². The maximum absolute atomic E-state index is 5.90. The molecule has 0 amide bonds. The quantitative estimate of drug-likeness (QED) is 0.852. The topological polar surface area (TPSA) is 29.3 Å². The van der Waals surface area contributed by atoms with Crippen molar-refractivity contribution in [1.82, 2.24) is 4.90 Å². The van der Waals surface area contributed by atoms with Crippen molar-refractivity contribution in [2.75, 3.05) is 13.1 Å². The third-order valence-electron chi connectivity index (χ3n) is 3.33. The number of hydrogen-bond acceptors (Lipinski definition) is 3. The van der Waals surface area contributed by atoms with Gasteiger partial charge in [-0.2, -0.15) is 0 Å². The van der Waals surface area contributed by atoms with Gasteiger partial charge in [0.25, 0.3) is 0 Å². The summed E-state index contributed by atoms with van der Waals surface area (Å²) in [5.74, 6) is 0.588. The fraction of sp³-hybridized carbons (Fsp3) is 0.667. The molecular formula is C12H20N2S. The molecule has 15 heavy (non-hydrogen) atoms. The molecule has 1 aromatic heterocycles. The minimum absolute atomic E-state index is 0.300. The lowest BCUT2D eigenvalue weighted by Gasteiger charge is -2.30. The predicted molar refractivity (Wildman–Crippen MR) is 66.1 cm³/mol. The third-order valence-corrected chi connectivity index (χ3v) is 4.35. The van der Waals surface area contributed by atoms with Crippen LogP contribution in [0.4, 0.5) is 0 Å². The molecule has 2 nitrogen and oxygen atoms in total. The van der Waals surface area contributed by atoms with Gasteiger partial charge in [0, 0.05) is 30.6 Å². The van der Waals surface area contributed by atoms with Crippen molar-refractivity contribution in [3.63, 3.8) is 0 Å². The van der Waals surface area contributed by atoms with Gasteiger partial charge in [-0.05, 0) is 36.3 Å². The standard InChI is InChI=1S/C12H20N2S/c1-9(10(2)13)7-14-5-3-12-11(8-14)4-6-15-12/h4,6,9-10H,3,5,7-8,13H2,1-2H3. The first-order valence-electron chi connectivity index (χ1n) is 5.70. The summed E-state index contributed by atoms with van der Waals surface area (Å²) in [7, 11) is 0. The molecule has 0 spiro atoms. The van der Waals surface area contributed by atoms with Crippen molar-refractivity contribution in [2.24, 2.45) is 11.7 Å². The lowest BCUT2D eigenvalue weighted by molar-refractivity contribution is 0.210. The third kappa shape index (κ3) is 2.60. The second-order valence-electron chi connectivity index (χ2n) is 4.69. The summed E-state index contributed by atoms with van der Waals surface area (Å²) in [6.45, 7) is 7.80. The molecule has 0 fully saturated rings. The first-order chi connectivity index (χ1) is 7.16. The van der Waals surface area contributed by atoms with Gasteiger partial charge in [-0.1, -0.05) is 6.92 Å². The van der Waals surface area contributed by atoms with Crippen molar-refractivity contribution in [1.29, 1.82) is 0 Å². The van der Waals surface area contributed by atoms with Crippen molar-refractivity contribution in [3.05, 3.63) is 21.9 Å². The minimum atomic E-state index is 0.300. The molecule has 1 aliphatic rings. The molecule has 1 aromatic rings. The number of rotatable bonds is 3. The van der Waals surface area contributed by atoms with E-state index in [1.165, 1.54) is 18.5 Å². The van der Waals surface area contributed by atoms with Crippen LogP contribution in [0.2, 0.25) is 0 Å². The summed E-state index contributed by atoms with van der Waals surface area (Å²) in [5.41, 5.74) is 7.43. The molecule has 2 unspecified atom stereocenters. The van der Waals surface area contributed by atoms with Crippen LogP contribution in [0.25, 0.3) is 0 Å². The highest BCUT2D eigenvalue weighted by atomic mass is 32.1. The highest BCUT2D eigenvalue weighted by molar-refractivity contribution is 7.10. The Kier molecular flexibility index (Phi) is 3.44. The Balaban J connectivity index is 1.93. The smallest absolute Gasteiger partial charge is 0.0245 e. The number of hydrogen-bond donors (Lipinski definition) is 1. The van der Waals surface area contributed by atoms with Gasteiger partial charge in [0.1, 0.15) is 0 Å². The zero-order valence-corrected chi connectivity index (χ0v) is 10.4. The van der Waals surface area contributed by atoms with Gasteiger partial charge in [0.2, 0.25) is 0 Å². The molecule has 0 aromatic carbocycles. The van der Waals surface area contributed by atoms with Gasteiger partial charge in [-0.15, -0.1) is 11.3 Å². The Morgan fingerprint density at radius 2 is 2.33 bits per heavy atom. The summed E-state index contributed by atoms with van der Waals surface area (Å²) in [6, 6.07) is 2.57. The van der Waals surface area contributed by atoms with E-state index in [1.807, 2.05) is 11.3 Å². The molecule has 0 aliphatic carbocycles. The first kappa shape index (κ1) is 11.1. The van der Waals surface area contributed by atoms with Crippen LogP contribution in [0.5, 0.6) is 0 Å². The Bertz CT molecular complexity index is 319. The van der Waals surface area contributed by atoms with E-state index in [0.717, 1.165) is 13.1 Å². The molecule has 84 valence electrons. The molecule has 2 rings (SSSR count). The monoisotopic (exact) mass is 224 g/mol. The minimum Gasteiger partial charge on any atom is -0.328 e. The van der Waals surface area contributed by atoms with E-state index in [4.69, 9.17) is 5.73 Å². The largest absolute Gasteiger partial charge is 0.328 e. The molecule has 0 bridgehead atoms. The van der Waals surface area contributed by atoms with Crippen molar-refractivity contribution < 1.29 is 0 Å². The van der Waals surface area contributed by atoms with Crippen LogP contribution in [0.3, 0.4) is 0 Å². The molecule has 0 saturated heterocycles. The van der Waals surface area contributed by atoms with Gasteiger partial charge >= 0.3 is 0 Å². The Morgan fingerprint density at radius 1 is 1.53 bits per heavy atom. The van der Waals surface area contributed by atoms with Crippen LogP contribution in [0.1, 0.15) is 24.3 Å². The van der Waals surface area contributed by atoms with Crippen LogP contribution >= 0.6 is 11.3 Å². The van der Waals surface area contributed by atoms with Gasteiger partial charge < -0.3 is 5.73 Å². The Labute approximate surface area is 96.1 Å². The van der Waals surface area contributed by atoms with Gasteiger partial charge in [0.05, 0.1) is 0 Å². The highest BCUT2D eigenvalue weighted by Crippen LogP contribution is 2.24. The summed E-state index contributed by atoms with van der Waals surface area (Å²) < 4.78 is 0. The first-order valence-corrected chi connectivity index (χ1v) is 6.58. The van der Waals surface area contributed by atoms with Crippen molar-refractivity contribution in [3.8, 4) is 0 Å². The number of fused-ring (bicyclic) bond motifs is 1. The normalized spacial score (nSPS) is 21.0. The van der Waals surface area contributed by atoms with Gasteiger partial charge in [0.15, 0.2) is 0 Å². The fourth-order valence-corrected chi connectivity index (χ4v) is 2.93. The van der Waals surface area contributed by atoms with Crippen molar-refractivity contribution >= 4 is 11.3 Å². The Hall–Kier alpha value is -0.380. The molecule has 2 heterocycles. The molecule has 1 aliphatic heterocycles. The summed E-state index contributed by atoms with van der Waals surface area (Å²) in [5, 5.41) is 2.21. The molecule has 0 radical (unpaired) electrons. The molecule has 0 saturated carbocycles. The van der Waals surface area contributed by atoms with E-state index in [0.29, 0.717) is 12.0 Å². The summed E-state index contributed by atoms with van der Waals surface area (Å²) >= 11 is 1.90. The Morgan fingerprint density at radius 3 is 3.07 bits per heavy atom. The lowest BCUT2D eigenvalue weighted by Crippen LogP contribution is -2.38. The maximum atomic E-state index is 5.90. The average molecular weight is 224 g/mol. The predicted octanol–water partition coefficient (Wildman–Crippen LogP) is 2.09. The van der Waals surface area contributed by atoms with E-state index < -0.39 is 0 Å². The summed E-state index contributed by atoms with van der Waals surface area (Å²) in [4.78, 5) is 4.11. The zero-order valence-electron chi connectivity index (χ0n) is 9.57. The van der Waals surface area contributed by atoms with E-state index >= 15 is 0 Å². The SMILES string of the molecule is CC(N)C(C)CN1CCc2sccc2C1. The fourth-order valence-electron chi connectivity index (χ4n) is 2.04. The van der Waals surface area contributed by atoms with E-state index in [-0.39, 0.29) is 0 Å². The molecule has 2 N–H and O–H groups in total. The van der Waals surface area contributed by atoms with Crippen molar-refractivity contribution in [2.45, 2.75) is 32.9 Å². The second-order valence-corrected chi connectivity index (χ2v) is 5.69. The van der Waals surface area contributed by atoms with Crippen LogP contribution in [0, 0.1) is 5.92 Å². The lowest BCUT2D eigenvalue weighted by atomic mass is 10.0. The second kappa shape index (κ2) is 4.64. The van der Waals surface area contributed by atoms with E-state index in [1.54, 1.807) is 4.88 Å². The van der Waals surface area contributed by atoms with Crippen LogP contribution in [-0.4, -0.2) is 24.0 Å². The molecule has 3 heteroatoms. The van der Waals surface area contributed by atoms with Crippen LogP contribution in [-0.2, 0) is 13.0 Å².